The van der Waals surface area contributed by atoms with Gasteiger partial charge in [-0.1, -0.05) is 0 Å². The third-order valence-electron chi connectivity index (χ3n) is 3.43. The third kappa shape index (κ3) is 3.21. The fourth-order valence-corrected chi connectivity index (χ4v) is 2.06. The highest BCUT2D eigenvalue weighted by Gasteiger charge is 2.22. The Hall–Kier alpha value is -2.75. The molecule has 0 saturated carbocycles. The summed E-state index contributed by atoms with van der Waals surface area (Å²) in [4.78, 5) is 17.8. The van der Waals surface area contributed by atoms with Gasteiger partial charge in [-0.3, -0.25) is 0 Å². The van der Waals surface area contributed by atoms with Gasteiger partial charge in [-0.05, 0) is 26.0 Å². The van der Waals surface area contributed by atoms with Crippen molar-refractivity contribution in [1.82, 2.24) is 4.98 Å². The van der Waals surface area contributed by atoms with Crippen molar-refractivity contribution >= 4 is 22.7 Å². The zero-order chi connectivity index (χ0) is 17.1. The summed E-state index contributed by atoms with van der Waals surface area (Å²) in [6, 6.07) is 4.77. The van der Waals surface area contributed by atoms with Crippen LogP contribution in [0.15, 0.2) is 18.2 Å². The number of rotatable bonds is 4. The van der Waals surface area contributed by atoms with Crippen molar-refractivity contribution in [1.29, 1.82) is 5.26 Å². The first-order valence-corrected chi connectivity index (χ1v) is 6.98. The second kappa shape index (κ2) is 6.57. The largest absolute Gasteiger partial charge is 0.462 e. The topological polar surface area (TPSA) is 66.2 Å². The minimum atomic E-state index is -1.03. The first-order valence-electron chi connectivity index (χ1n) is 6.98. The molecule has 7 heteroatoms. The summed E-state index contributed by atoms with van der Waals surface area (Å²) in [7, 11) is 1.59. The highest BCUT2D eigenvalue weighted by atomic mass is 19.2. The number of ether oxygens (including phenoxy) is 1. The minimum Gasteiger partial charge on any atom is -0.462 e. The van der Waals surface area contributed by atoms with Crippen LogP contribution in [-0.2, 0) is 4.74 Å². The molecule has 120 valence electrons. The van der Waals surface area contributed by atoms with E-state index >= 15 is 0 Å². The summed E-state index contributed by atoms with van der Waals surface area (Å²) < 4.78 is 31.8. The molecule has 0 N–H and O–H groups in total. The Bertz CT molecular complexity index is 802. The third-order valence-corrected chi connectivity index (χ3v) is 3.43. The summed E-state index contributed by atoms with van der Waals surface area (Å²) in [6.45, 7) is 3.44. The van der Waals surface area contributed by atoms with Crippen molar-refractivity contribution in [3.63, 3.8) is 0 Å². The molecule has 1 atom stereocenters. The van der Waals surface area contributed by atoms with Crippen LogP contribution in [0, 0.1) is 23.0 Å². The van der Waals surface area contributed by atoms with E-state index in [0.29, 0.717) is 0 Å². The Kier molecular flexibility index (Phi) is 4.74. The molecule has 0 aliphatic carbocycles. The predicted octanol–water partition coefficient (Wildman–Crippen LogP) is 3.04. The summed E-state index contributed by atoms with van der Waals surface area (Å²) >= 11 is 0. The zero-order valence-corrected chi connectivity index (χ0v) is 12.9. The van der Waals surface area contributed by atoms with Crippen LogP contribution in [0.4, 0.5) is 14.6 Å². The normalized spacial score (nSPS) is 11.8. The van der Waals surface area contributed by atoms with Gasteiger partial charge in [0.2, 0.25) is 0 Å². The van der Waals surface area contributed by atoms with E-state index in [9.17, 15) is 13.6 Å². The standard InChI is InChI=1S/C16H15F2N3O2/c1-4-23-16(22)11-5-10-6-12(17)13(18)7-14(10)20-15(11)21(3)9(2)8-19/h5-7,9H,4H2,1-3H3. The van der Waals surface area contributed by atoms with E-state index in [1.165, 1.54) is 11.0 Å². The second-order valence-corrected chi connectivity index (χ2v) is 4.96. The second-order valence-electron chi connectivity index (χ2n) is 4.96. The summed E-state index contributed by atoms with van der Waals surface area (Å²) in [5, 5.41) is 9.32. The number of anilines is 1. The van der Waals surface area contributed by atoms with Crippen molar-refractivity contribution < 1.29 is 18.3 Å². The molecule has 1 aromatic heterocycles. The number of carbonyl (C=O) groups excluding carboxylic acids is 1. The lowest BCUT2D eigenvalue weighted by Gasteiger charge is -2.23. The number of esters is 1. The van der Waals surface area contributed by atoms with Crippen molar-refractivity contribution in [2.24, 2.45) is 0 Å². The van der Waals surface area contributed by atoms with E-state index < -0.39 is 23.6 Å². The molecule has 1 aromatic carbocycles. The molecular formula is C16H15F2N3O2. The molecule has 0 aliphatic rings. The van der Waals surface area contributed by atoms with E-state index in [2.05, 4.69) is 4.98 Å². The van der Waals surface area contributed by atoms with Crippen LogP contribution in [0.2, 0.25) is 0 Å². The van der Waals surface area contributed by atoms with Crippen LogP contribution in [-0.4, -0.2) is 30.6 Å². The zero-order valence-electron chi connectivity index (χ0n) is 12.9. The SMILES string of the molecule is CCOC(=O)c1cc2cc(F)c(F)cc2nc1N(C)C(C)C#N. The van der Waals surface area contributed by atoms with Gasteiger partial charge < -0.3 is 9.64 Å². The number of nitriles is 1. The molecule has 0 bridgehead atoms. The number of pyridine rings is 1. The van der Waals surface area contributed by atoms with Gasteiger partial charge in [0, 0.05) is 18.5 Å². The molecule has 23 heavy (non-hydrogen) atoms. The lowest BCUT2D eigenvalue weighted by Crippen LogP contribution is -2.30. The van der Waals surface area contributed by atoms with Crippen molar-refractivity contribution in [3.05, 3.63) is 35.4 Å². The number of carbonyl (C=O) groups is 1. The molecule has 0 saturated heterocycles. The number of aromatic nitrogens is 1. The molecule has 0 fully saturated rings. The summed E-state index contributed by atoms with van der Waals surface area (Å²) in [5.41, 5.74) is 0.277. The number of hydrogen-bond donors (Lipinski definition) is 0. The quantitative estimate of drug-likeness (QED) is 0.810. The number of nitrogens with zero attached hydrogens (tertiary/aromatic N) is 3. The first kappa shape index (κ1) is 16.6. The van der Waals surface area contributed by atoms with Crippen LogP contribution in [0.3, 0.4) is 0 Å². The van der Waals surface area contributed by atoms with Gasteiger partial charge in [-0.2, -0.15) is 5.26 Å². The van der Waals surface area contributed by atoms with Gasteiger partial charge >= 0.3 is 5.97 Å². The van der Waals surface area contributed by atoms with E-state index in [4.69, 9.17) is 10.00 Å². The maximum absolute atomic E-state index is 13.4. The number of benzene rings is 1. The van der Waals surface area contributed by atoms with E-state index in [1.54, 1.807) is 20.9 Å². The van der Waals surface area contributed by atoms with E-state index in [-0.39, 0.29) is 28.9 Å². The molecule has 5 nitrogen and oxygen atoms in total. The number of fused-ring (bicyclic) bond motifs is 1. The van der Waals surface area contributed by atoms with Gasteiger partial charge in [0.15, 0.2) is 11.6 Å². The Morgan fingerprint density at radius 1 is 1.39 bits per heavy atom. The molecule has 2 rings (SSSR count). The van der Waals surface area contributed by atoms with Crippen molar-refractivity contribution in [2.75, 3.05) is 18.6 Å². The summed E-state index contributed by atoms with van der Waals surface area (Å²) in [5.74, 6) is -2.52. The van der Waals surface area contributed by atoms with E-state index in [1.807, 2.05) is 6.07 Å². The van der Waals surface area contributed by atoms with Gasteiger partial charge in [0.25, 0.3) is 0 Å². The molecular weight excluding hydrogens is 304 g/mol. The van der Waals surface area contributed by atoms with Crippen LogP contribution in [0.1, 0.15) is 24.2 Å². The lowest BCUT2D eigenvalue weighted by molar-refractivity contribution is 0.0527. The fraction of sp³-hybridized carbons (Fsp3) is 0.312. The first-order chi connectivity index (χ1) is 10.9. The summed E-state index contributed by atoms with van der Waals surface area (Å²) in [6.07, 6.45) is 0. The molecule has 0 spiro atoms. The van der Waals surface area contributed by atoms with Gasteiger partial charge in [-0.15, -0.1) is 0 Å². The molecule has 1 heterocycles. The van der Waals surface area contributed by atoms with Crippen molar-refractivity contribution in [3.8, 4) is 6.07 Å². The predicted molar refractivity (Wildman–Crippen MR) is 81.1 cm³/mol. The highest BCUT2D eigenvalue weighted by molar-refractivity contribution is 5.99. The van der Waals surface area contributed by atoms with Crippen LogP contribution >= 0.6 is 0 Å². The van der Waals surface area contributed by atoms with Crippen molar-refractivity contribution in [2.45, 2.75) is 19.9 Å². The van der Waals surface area contributed by atoms with Gasteiger partial charge in [0.1, 0.15) is 17.4 Å². The maximum atomic E-state index is 13.4. The number of halogens is 2. The Morgan fingerprint density at radius 3 is 2.65 bits per heavy atom. The molecule has 0 amide bonds. The highest BCUT2D eigenvalue weighted by Crippen LogP contribution is 2.26. The molecule has 0 radical (unpaired) electrons. The average Bonchev–Trinajstić information content (AvgIpc) is 2.53. The van der Waals surface area contributed by atoms with Gasteiger partial charge in [0.05, 0.1) is 18.2 Å². The average molecular weight is 319 g/mol. The monoisotopic (exact) mass is 319 g/mol. The lowest BCUT2D eigenvalue weighted by atomic mass is 10.1. The fourth-order valence-electron chi connectivity index (χ4n) is 2.06. The Labute approximate surface area is 132 Å². The Balaban J connectivity index is 2.70. The molecule has 2 aromatic rings. The molecule has 0 aliphatic heterocycles. The Morgan fingerprint density at radius 2 is 2.04 bits per heavy atom. The van der Waals surface area contributed by atoms with E-state index in [0.717, 1.165) is 12.1 Å². The van der Waals surface area contributed by atoms with Crippen LogP contribution in [0.5, 0.6) is 0 Å². The smallest absolute Gasteiger partial charge is 0.341 e. The van der Waals surface area contributed by atoms with Gasteiger partial charge in [-0.25, -0.2) is 18.6 Å². The minimum absolute atomic E-state index is 0.0926. The van der Waals surface area contributed by atoms with Crippen LogP contribution in [0.25, 0.3) is 10.9 Å². The van der Waals surface area contributed by atoms with Crippen LogP contribution < -0.4 is 4.90 Å². The maximum Gasteiger partial charge on any atom is 0.341 e. The molecule has 1 unspecified atom stereocenters. The number of hydrogen-bond acceptors (Lipinski definition) is 5.